The summed E-state index contributed by atoms with van der Waals surface area (Å²) >= 11 is 14.1. The van der Waals surface area contributed by atoms with Crippen LogP contribution in [-0.2, 0) is 4.74 Å². The van der Waals surface area contributed by atoms with Crippen LogP contribution in [0.25, 0.3) is 0 Å². The van der Waals surface area contributed by atoms with Crippen molar-refractivity contribution >= 4 is 51.7 Å². The van der Waals surface area contributed by atoms with E-state index in [0.29, 0.717) is 32.3 Å². The Labute approximate surface area is 141 Å². The highest BCUT2D eigenvalue weighted by molar-refractivity contribution is 14.1. The Hall–Kier alpha value is -0.0800. The smallest absolute Gasteiger partial charge is 0.255 e. The van der Waals surface area contributed by atoms with Crippen molar-refractivity contribution in [1.82, 2.24) is 4.90 Å². The third-order valence-corrected chi connectivity index (χ3v) is 5.19. The lowest BCUT2D eigenvalue weighted by molar-refractivity contribution is -0.0667. The van der Waals surface area contributed by atoms with E-state index in [1.54, 1.807) is 17.0 Å². The molecule has 4 nitrogen and oxygen atoms in total. The van der Waals surface area contributed by atoms with E-state index in [-0.39, 0.29) is 24.7 Å². The fraction of sp³-hybridized carbons (Fsp3) is 0.462. The number of amides is 1. The molecule has 1 heterocycles. The number of halogens is 3. The van der Waals surface area contributed by atoms with Crippen molar-refractivity contribution in [3.63, 3.8) is 0 Å². The number of carbonyl (C=O) groups excluding carboxylic acids is 1. The first-order valence-corrected chi connectivity index (χ1v) is 7.95. The first-order chi connectivity index (χ1) is 9.43. The summed E-state index contributed by atoms with van der Waals surface area (Å²) in [7, 11) is 0. The second-order valence-electron chi connectivity index (χ2n) is 4.69. The van der Waals surface area contributed by atoms with Gasteiger partial charge >= 0.3 is 0 Å². The van der Waals surface area contributed by atoms with E-state index in [9.17, 15) is 9.90 Å². The Balaban J connectivity index is 2.30. The van der Waals surface area contributed by atoms with E-state index in [2.05, 4.69) is 0 Å². The van der Waals surface area contributed by atoms with Crippen molar-refractivity contribution in [2.75, 3.05) is 19.8 Å². The lowest BCUT2D eigenvalue weighted by atomic mass is 10.1. The fourth-order valence-electron chi connectivity index (χ4n) is 2.08. The maximum atomic E-state index is 12.7. The molecule has 0 aliphatic carbocycles. The molecule has 1 aliphatic heterocycles. The van der Waals surface area contributed by atoms with Crippen LogP contribution < -0.4 is 0 Å². The predicted molar refractivity (Wildman–Crippen MR) is 86.5 cm³/mol. The Bertz CT molecular complexity index is 527. The van der Waals surface area contributed by atoms with Crippen LogP contribution in [0.2, 0.25) is 10.0 Å². The van der Waals surface area contributed by atoms with Gasteiger partial charge in [-0.05, 0) is 41.6 Å². The van der Waals surface area contributed by atoms with Gasteiger partial charge in [-0.25, -0.2) is 0 Å². The summed E-state index contributed by atoms with van der Waals surface area (Å²) in [5.74, 6) is -0.145. The van der Waals surface area contributed by atoms with Crippen LogP contribution in [0.3, 0.4) is 0 Å². The van der Waals surface area contributed by atoms with Crippen LogP contribution in [-0.4, -0.2) is 47.8 Å². The standard InChI is InChI=1S/C13H14Cl2INO3/c1-7-6-20-9(5-18)4-17(7)13(19)10-2-8(14)3-11(15)12(10)16/h2-3,7,9,18H,4-6H2,1H3. The number of carbonyl (C=O) groups is 1. The summed E-state index contributed by atoms with van der Waals surface area (Å²) in [6, 6.07) is 3.17. The minimum Gasteiger partial charge on any atom is -0.394 e. The molecule has 7 heteroatoms. The molecule has 1 aromatic carbocycles. The molecular weight excluding hydrogens is 416 g/mol. The highest BCUT2D eigenvalue weighted by Crippen LogP contribution is 2.28. The summed E-state index contributed by atoms with van der Waals surface area (Å²) in [5.41, 5.74) is 0.480. The van der Waals surface area contributed by atoms with Gasteiger partial charge in [0, 0.05) is 15.1 Å². The van der Waals surface area contributed by atoms with E-state index in [4.69, 9.17) is 27.9 Å². The third-order valence-electron chi connectivity index (χ3n) is 3.19. The molecule has 0 radical (unpaired) electrons. The number of morpholine rings is 1. The molecule has 1 aromatic rings. The molecule has 2 rings (SSSR count). The van der Waals surface area contributed by atoms with E-state index in [0.717, 1.165) is 0 Å². The van der Waals surface area contributed by atoms with Gasteiger partial charge < -0.3 is 14.7 Å². The maximum Gasteiger partial charge on any atom is 0.255 e. The van der Waals surface area contributed by atoms with Crippen molar-refractivity contribution in [3.8, 4) is 0 Å². The third kappa shape index (κ3) is 3.39. The molecule has 0 bridgehead atoms. The number of aliphatic hydroxyl groups is 1. The van der Waals surface area contributed by atoms with Crippen LogP contribution in [0.5, 0.6) is 0 Å². The van der Waals surface area contributed by atoms with Gasteiger partial charge in [0.15, 0.2) is 0 Å². The molecule has 20 heavy (non-hydrogen) atoms. The summed E-state index contributed by atoms with van der Waals surface area (Å²) in [4.78, 5) is 14.4. The molecule has 1 N–H and O–H groups in total. The highest BCUT2D eigenvalue weighted by atomic mass is 127. The van der Waals surface area contributed by atoms with Crippen LogP contribution >= 0.6 is 45.8 Å². The average Bonchev–Trinajstić information content (AvgIpc) is 2.42. The predicted octanol–water partition coefficient (Wildman–Crippen LogP) is 2.82. The van der Waals surface area contributed by atoms with Crippen molar-refractivity contribution in [2.24, 2.45) is 0 Å². The molecule has 2 atom stereocenters. The van der Waals surface area contributed by atoms with Gasteiger partial charge in [-0.3, -0.25) is 4.79 Å². The van der Waals surface area contributed by atoms with E-state index < -0.39 is 0 Å². The topological polar surface area (TPSA) is 49.8 Å². The van der Waals surface area contributed by atoms with E-state index in [1.165, 1.54) is 0 Å². The quantitative estimate of drug-likeness (QED) is 0.581. The molecule has 1 saturated heterocycles. The molecule has 1 aliphatic rings. The zero-order valence-corrected chi connectivity index (χ0v) is 14.4. The van der Waals surface area contributed by atoms with Gasteiger partial charge in [0.1, 0.15) is 0 Å². The number of aliphatic hydroxyl groups excluding tert-OH is 1. The normalized spacial score (nSPS) is 22.9. The number of ether oxygens (including phenoxy) is 1. The lowest BCUT2D eigenvalue weighted by Crippen LogP contribution is -2.52. The summed E-state index contributed by atoms with van der Waals surface area (Å²) in [5, 5.41) is 10.1. The highest BCUT2D eigenvalue weighted by Gasteiger charge is 2.31. The Morgan fingerprint density at radius 2 is 2.25 bits per heavy atom. The largest absolute Gasteiger partial charge is 0.394 e. The molecule has 0 spiro atoms. The Kier molecular flexibility index (Phi) is 5.53. The van der Waals surface area contributed by atoms with Gasteiger partial charge in [0.05, 0.1) is 35.9 Å². The Morgan fingerprint density at radius 3 is 2.90 bits per heavy atom. The van der Waals surface area contributed by atoms with Gasteiger partial charge in [-0.2, -0.15) is 0 Å². The molecule has 0 aromatic heterocycles. The Morgan fingerprint density at radius 1 is 1.55 bits per heavy atom. The zero-order valence-electron chi connectivity index (χ0n) is 10.8. The lowest BCUT2D eigenvalue weighted by Gasteiger charge is -2.37. The molecular formula is C13H14Cl2INO3. The molecule has 110 valence electrons. The van der Waals surface area contributed by atoms with Gasteiger partial charge in [-0.1, -0.05) is 23.2 Å². The van der Waals surface area contributed by atoms with Gasteiger partial charge in [0.2, 0.25) is 0 Å². The maximum absolute atomic E-state index is 12.7. The zero-order chi connectivity index (χ0) is 14.9. The fourth-order valence-corrected chi connectivity index (χ4v) is 3.11. The molecule has 0 saturated carbocycles. The van der Waals surface area contributed by atoms with Crippen molar-refractivity contribution in [1.29, 1.82) is 0 Å². The van der Waals surface area contributed by atoms with Crippen LogP contribution in [0.15, 0.2) is 12.1 Å². The number of hydrogen-bond acceptors (Lipinski definition) is 3. The monoisotopic (exact) mass is 429 g/mol. The van der Waals surface area contributed by atoms with E-state index >= 15 is 0 Å². The first-order valence-electron chi connectivity index (χ1n) is 6.12. The molecule has 1 fully saturated rings. The van der Waals surface area contributed by atoms with Crippen molar-refractivity contribution in [3.05, 3.63) is 31.3 Å². The summed E-state index contributed by atoms with van der Waals surface area (Å²) in [6.07, 6.45) is -0.345. The van der Waals surface area contributed by atoms with Crippen LogP contribution in [0.4, 0.5) is 0 Å². The van der Waals surface area contributed by atoms with Crippen molar-refractivity contribution < 1.29 is 14.6 Å². The summed E-state index contributed by atoms with van der Waals surface area (Å²) in [6.45, 7) is 2.56. The number of nitrogens with zero attached hydrogens (tertiary/aromatic N) is 1. The van der Waals surface area contributed by atoms with Gasteiger partial charge in [0.25, 0.3) is 5.91 Å². The average molecular weight is 430 g/mol. The first kappa shape index (κ1) is 16.3. The number of hydrogen-bond donors (Lipinski definition) is 1. The number of rotatable bonds is 2. The van der Waals surface area contributed by atoms with Gasteiger partial charge in [-0.15, -0.1) is 0 Å². The minimum atomic E-state index is -0.345. The second-order valence-corrected chi connectivity index (χ2v) is 6.62. The van der Waals surface area contributed by atoms with Crippen molar-refractivity contribution in [2.45, 2.75) is 19.1 Å². The SMILES string of the molecule is CC1COC(CO)CN1C(=O)c1cc(Cl)cc(Cl)c1I. The molecule has 2 unspecified atom stereocenters. The van der Waals surface area contributed by atoms with E-state index in [1.807, 2.05) is 29.5 Å². The van der Waals surface area contributed by atoms with Crippen LogP contribution in [0.1, 0.15) is 17.3 Å². The second kappa shape index (κ2) is 6.79. The molecule has 1 amide bonds. The number of benzene rings is 1. The summed E-state index contributed by atoms with van der Waals surface area (Å²) < 4.78 is 6.11. The minimum absolute atomic E-state index is 0.0566. The van der Waals surface area contributed by atoms with Crippen LogP contribution in [0, 0.1) is 3.57 Å².